The first-order chi connectivity index (χ1) is 12.1. The molecule has 1 saturated heterocycles. The minimum atomic E-state index is -0.534. The lowest BCUT2D eigenvalue weighted by molar-refractivity contribution is 0.0520. The number of esters is 1. The van der Waals surface area contributed by atoms with Crippen LogP contribution in [0, 0.1) is 11.7 Å². The molecule has 2 heterocycles. The highest BCUT2D eigenvalue weighted by Gasteiger charge is 2.23. The first kappa shape index (κ1) is 17.5. The van der Waals surface area contributed by atoms with E-state index < -0.39 is 5.97 Å². The van der Waals surface area contributed by atoms with Crippen LogP contribution >= 0.6 is 0 Å². The summed E-state index contributed by atoms with van der Waals surface area (Å²) in [5.41, 5.74) is 2.03. The van der Waals surface area contributed by atoms with Crippen molar-refractivity contribution in [2.45, 2.75) is 33.2 Å². The molecule has 1 aliphatic heterocycles. The van der Waals surface area contributed by atoms with Crippen LogP contribution in [0.5, 0.6) is 0 Å². The molecule has 1 aromatic heterocycles. The van der Waals surface area contributed by atoms with Gasteiger partial charge in [-0.15, -0.1) is 5.10 Å². The summed E-state index contributed by atoms with van der Waals surface area (Å²) in [6, 6.07) is 4.54. The molecule has 1 aromatic carbocycles. The number of hydrogen-bond donors (Lipinski definition) is 1. The van der Waals surface area contributed by atoms with Crippen molar-refractivity contribution in [2.75, 3.05) is 19.7 Å². The van der Waals surface area contributed by atoms with Crippen molar-refractivity contribution >= 4 is 5.97 Å². The third-order valence-electron chi connectivity index (χ3n) is 4.61. The number of rotatable bonds is 5. The van der Waals surface area contributed by atoms with Crippen LogP contribution in [0.15, 0.2) is 18.2 Å². The summed E-state index contributed by atoms with van der Waals surface area (Å²) < 4.78 is 18.9. The van der Waals surface area contributed by atoms with Crippen molar-refractivity contribution in [3.8, 4) is 11.3 Å². The molecule has 0 spiro atoms. The van der Waals surface area contributed by atoms with Gasteiger partial charge in [0.05, 0.1) is 6.61 Å². The van der Waals surface area contributed by atoms with Crippen molar-refractivity contribution in [3.63, 3.8) is 0 Å². The van der Waals surface area contributed by atoms with Gasteiger partial charge in [-0.05, 0) is 62.5 Å². The summed E-state index contributed by atoms with van der Waals surface area (Å²) in [6.45, 7) is 6.84. The molecule has 1 fully saturated rings. The van der Waals surface area contributed by atoms with E-state index in [0.717, 1.165) is 37.4 Å². The predicted octanol–water partition coefficient (Wildman–Crippen LogP) is 3.02. The van der Waals surface area contributed by atoms with E-state index in [0.29, 0.717) is 17.8 Å². The molecule has 1 N–H and O–H groups in total. The van der Waals surface area contributed by atoms with Crippen molar-refractivity contribution < 1.29 is 13.9 Å². The maximum absolute atomic E-state index is 13.8. The van der Waals surface area contributed by atoms with Crippen molar-refractivity contribution in [1.82, 2.24) is 20.3 Å². The van der Waals surface area contributed by atoms with E-state index in [-0.39, 0.29) is 18.1 Å². The average molecular weight is 346 g/mol. The van der Waals surface area contributed by atoms with Gasteiger partial charge in [0.2, 0.25) is 0 Å². The van der Waals surface area contributed by atoms with E-state index in [4.69, 9.17) is 4.74 Å². The Morgan fingerprint density at radius 3 is 2.84 bits per heavy atom. The summed E-state index contributed by atoms with van der Waals surface area (Å²) >= 11 is 0. The molecule has 25 heavy (non-hydrogen) atoms. The van der Waals surface area contributed by atoms with E-state index in [1.54, 1.807) is 13.0 Å². The van der Waals surface area contributed by atoms with Crippen LogP contribution in [0.1, 0.15) is 42.7 Å². The van der Waals surface area contributed by atoms with Gasteiger partial charge < -0.3 is 4.74 Å². The zero-order valence-corrected chi connectivity index (χ0v) is 14.6. The van der Waals surface area contributed by atoms with Gasteiger partial charge in [-0.2, -0.15) is 10.3 Å². The third kappa shape index (κ3) is 4.04. The number of halogens is 1. The number of H-pyrrole nitrogens is 1. The second-order valence-corrected chi connectivity index (χ2v) is 6.50. The summed E-state index contributed by atoms with van der Waals surface area (Å²) in [5, 5.41) is 10.5. The first-order valence-electron chi connectivity index (χ1n) is 8.67. The van der Waals surface area contributed by atoms with Crippen molar-refractivity contribution in [1.29, 1.82) is 0 Å². The molecule has 0 radical (unpaired) electrons. The highest BCUT2D eigenvalue weighted by atomic mass is 19.1. The molecule has 7 heteroatoms. The van der Waals surface area contributed by atoms with Crippen LogP contribution in [0.2, 0.25) is 0 Å². The zero-order chi connectivity index (χ0) is 17.8. The fraction of sp³-hybridized carbons (Fsp3) is 0.500. The van der Waals surface area contributed by atoms with E-state index in [9.17, 15) is 9.18 Å². The summed E-state index contributed by atoms with van der Waals surface area (Å²) in [7, 11) is 0. The minimum absolute atomic E-state index is 0.127. The second kappa shape index (κ2) is 7.74. The number of aromatic nitrogens is 3. The number of carbonyl (C=O) groups is 1. The van der Waals surface area contributed by atoms with Gasteiger partial charge in [0.15, 0.2) is 5.69 Å². The molecule has 0 saturated carbocycles. The Bertz CT molecular complexity index is 738. The van der Waals surface area contributed by atoms with Crippen LogP contribution < -0.4 is 0 Å². The Kier molecular flexibility index (Phi) is 5.43. The Morgan fingerprint density at radius 2 is 2.12 bits per heavy atom. The molecule has 0 bridgehead atoms. The lowest BCUT2D eigenvalue weighted by atomic mass is 9.97. The minimum Gasteiger partial charge on any atom is -0.461 e. The monoisotopic (exact) mass is 346 g/mol. The van der Waals surface area contributed by atoms with Crippen molar-refractivity contribution in [3.05, 3.63) is 35.3 Å². The molecular formula is C18H23FN4O2. The largest absolute Gasteiger partial charge is 0.461 e. The Morgan fingerprint density at radius 1 is 1.36 bits per heavy atom. The van der Waals surface area contributed by atoms with Crippen LogP contribution in [0.4, 0.5) is 4.39 Å². The van der Waals surface area contributed by atoms with Crippen LogP contribution in [-0.4, -0.2) is 46.0 Å². The second-order valence-electron chi connectivity index (χ2n) is 6.50. The number of hydrogen-bond acceptors (Lipinski definition) is 5. The molecule has 2 aromatic rings. The quantitative estimate of drug-likeness (QED) is 0.843. The van der Waals surface area contributed by atoms with Gasteiger partial charge in [-0.25, -0.2) is 9.18 Å². The van der Waals surface area contributed by atoms with Gasteiger partial charge in [0, 0.05) is 12.1 Å². The maximum Gasteiger partial charge on any atom is 0.361 e. The van der Waals surface area contributed by atoms with Crippen molar-refractivity contribution in [2.24, 2.45) is 5.92 Å². The third-order valence-corrected chi connectivity index (χ3v) is 4.61. The number of nitrogens with one attached hydrogen (secondary N) is 1. The molecular weight excluding hydrogens is 323 g/mol. The number of nitrogens with zero attached hydrogens (tertiary/aromatic N) is 3. The van der Waals surface area contributed by atoms with Gasteiger partial charge in [0.25, 0.3) is 0 Å². The van der Waals surface area contributed by atoms with Crippen LogP contribution in [0.25, 0.3) is 11.3 Å². The normalized spacial score (nSPS) is 16.1. The fourth-order valence-electron chi connectivity index (χ4n) is 3.15. The summed E-state index contributed by atoms with van der Waals surface area (Å²) in [5.74, 6) is -0.104. The standard InChI is InChI=1S/C18H23FN4O2/c1-3-25-18(24)17-16(20-22-21-17)15-5-4-14(19)10-13(15)11-23-8-6-12(2)7-9-23/h4-5,10,12H,3,6-9,11H2,1-2H3,(H,20,21,22). The Labute approximate surface area is 146 Å². The van der Waals surface area contributed by atoms with Gasteiger partial charge >= 0.3 is 5.97 Å². The highest BCUT2D eigenvalue weighted by molar-refractivity contribution is 5.94. The lowest BCUT2D eigenvalue weighted by Crippen LogP contribution is -2.32. The Balaban J connectivity index is 1.90. The van der Waals surface area contributed by atoms with E-state index in [1.807, 2.05) is 0 Å². The maximum atomic E-state index is 13.8. The number of ether oxygens (including phenoxy) is 1. The molecule has 0 unspecified atom stereocenters. The molecule has 1 aliphatic rings. The lowest BCUT2D eigenvalue weighted by Gasteiger charge is -2.30. The summed E-state index contributed by atoms with van der Waals surface area (Å²) in [4.78, 5) is 14.4. The molecule has 134 valence electrons. The molecule has 0 aliphatic carbocycles. The molecule has 0 atom stereocenters. The predicted molar refractivity (Wildman–Crippen MR) is 91.4 cm³/mol. The molecule has 0 amide bonds. The van der Waals surface area contributed by atoms with E-state index >= 15 is 0 Å². The number of aromatic amines is 1. The van der Waals surface area contributed by atoms with Gasteiger partial charge in [0.1, 0.15) is 11.5 Å². The number of piperidine rings is 1. The summed E-state index contributed by atoms with van der Waals surface area (Å²) in [6.07, 6.45) is 2.28. The number of benzene rings is 1. The molecule has 3 rings (SSSR count). The van der Waals surface area contributed by atoms with Crippen LogP contribution in [0.3, 0.4) is 0 Å². The SMILES string of the molecule is CCOC(=O)c1n[nH]nc1-c1ccc(F)cc1CN1CCC(C)CC1. The first-order valence-corrected chi connectivity index (χ1v) is 8.67. The van der Waals surface area contributed by atoms with E-state index in [1.165, 1.54) is 12.1 Å². The molecule has 6 nitrogen and oxygen atoms in total. The smallest absolute Gasteiger partial charge is 0.361 e. The van der Waals surface area contributed by atoms with Gasteiger partial charge in [-0.3, -0.25) is 4.90 Å². The topological polar surface area (TPSA) is 71.1 Å². The van der Waals surface area contributed by atoms with Gasteiger partial charge in [-0.1, -0.05) is 6.92 Å². The fourth-order valence-corrected chi connectivity index (χ4v) is 3.15. The number of carbonyl (C=O) groups excluding carboxylic acids is 1. The van der Waals surface area contributed by atoms with E-state index in [2.05, 4.69) is 27.2 Å². The number of likely N-dealkylation sites (tertiary alicyclic amines) is 1. The van der Waals surface area contributed by atoms with Crippen LogP contribution in [-0.2, 0) is 11.3 Å². The highest BCUT2D eigenvalue weighted by Crippen LogP contribution is 2.28. The zero-order valence-electron chi connectivity index (χ0n) is 14.6. The Hall–Kier alpha value is -2.28. The average Bonchev–Trinajstić information content (AvgIpc) is 3.07.